The van der Waals surface area contributed by atoms with E-state index in [4.69, 9.17) is 9.47 Å². The van der Waals surface area contributed by atoms with E-state index in [1.807, 2.05) is 24.3 Å². The summed E-state index contributed by atoms with van der Waals surface area (Å²) < 4.78 is 12.1. The number of para-hydroxylation sites is 1. The van der Waals surface area contributed by atoms with E-state index in [0.717, 1.165) is 11.3 Å². The van der Waals surface area contributed by atoms with Crippen molar-refractivity contribution in [2.45, 2.75) is 26.8 Å². The van der Waals surface area contributed by atoms with Crippen LogP contribution in [0, 0.1) is 0 Å². The van der Waals surface area contributed by atoms with Gasteiger partial charge in [0.2, 0.25) is 0 Å². The number of amides is 1. The first-order valence-corrected chi connectivity index (χ1v) is 12.4. The third-order valence-corrected chi connectivity index (χ3v) is 7.28. The second-order valence-corrected chi connectivity index (χ2v) is 9.52. The molecule has 0 spiro atoms. The van der Waals surface area contributed by atoms with E-state index in [0.29, 0.717) is 38.6 Å². The zero-order chi connectivity index (χ0) is 26.4. The van der Waals surface area contributed by atoms with Crippen LogP contribution in [0.25, 0.3) is 5.57 Å². The van der Waals surface area contributed by atoms with E-state index in [1.54, 1.807) is 45.2 Å². The van der Waals surface area contributed by atoms with Crippen LogP contribution in [0.3, 0.4) is 0 Å². The molecule has 10 heteroatoms. The van der Waals surface area contributed by atoms with Crippen LogP contribution >= 0.6 is 11.3 Å². The van der Waals surface area contributed by atoms with Crippen molar-refractivity contribution in [3.05, 3.63) is 90.6 Å². The van der Waals surface area contributed by atoms with Crippen LogP contribution in [0.4, 0.5) is 5.69 Å². The second-order valence-electron chi connectivity index (χ2n) is 8.54. The normalized spacial score (nSPS) is 17.8. The molecule has 3 aromatic rings. The number of likely N-dealkylation sites (N-methyl/N-ethyl adjacent to an activating group) is 1. The van der Waals surface area contributed by atoms with Gasteiger partial charge >= 0.3 is 11.9 Å². The molecule has 37 heavy (non-hydrogen) atoms. The number of esters is 2. The predicted octanol–water partition coefficient (Wildman–Crippen LogP) is 2.07. The molecule has 1 amide bonds. The van der Waals surface area contributed by atoms with Crippen molar-refractivity contribution in [3.8, 4) is 5.75 Å². The van der Waals surface area contributed by atoms with Crippen LogP contribution in [0.2, 0.25) is 0 Å². The Morgan fingerprint density at radius 3 is 2.46 bits per heavy atom. The Morgan fingerprint density at radius 1 is 1.08 bits per heavy atom. The van der Waals surface area contributed by atoms with E-state index >= 15 is 0 Å². The highest BCUT2D eigenvalue weighted by molar-refractivity contribution is 7.07. The molecule has 3 heterocycles. The lowest BCUT2D eigenvalue weighted by atomic mass is 9.96. The Kier molecular flexibility index (Phi) is 6.12. The smallest absolute Gasteiger partial charge is 0.338 e. The van der Waals surface area contributed by atoms with Crippen LogP contribution in [-0.4, -0.2) is 36.1 Å². The summed E-state index contributed by atoms with van der Waals surface area (Å²) in [5.41, 5.74) is 2.51. The van der Waals surface area contributed by atoms with E-state index < -0.39 is 23.5 Å². The molecule has 0 saturated heterocycles. The van der Waals surface area contributed by atoms with E-state index in [1.165, 1.54) is 16.4 Å². The van der Waals surface area contributed by atoms with E-state index in [2.05, 4.69) is 4.99 Å². The third kappa shape index (κ3) is 3.99. The van der Waals surface area contributed by atoms with Gasteiger partial charge in [-0.3, -0.25) is 19.0 Å². The zero-order valence-electron chi connectivity index (χ0n) is 20.6. The maximum Gasteiger partial charge on any atom is 0.338 e. The number of ether oxygens (including phenoxy) is 2. The summed E-state index contributed by atoms with van der Waals surface area (Å²) in [4.78, 5) is 58.1. The molecular formula is C27H23N3O6S. The van der Waals surface area contributed by atoms with Crippen LogP contribution in [0.5, 0.6) is 5.75 Å². The summed E-state index contributed by atoms with van der Waals surface area (Å²) in [5, 5.41) is 0. The number of rotatable bonds is 4. The maximum atomic E-state index is 14.0. The van der Waals surface area contributed by atoms with Gasteiger partial charge in [-0.15, -0.1) is 0 Å². The Morgan fingerprint density at radius 2 is 1.78 bits per heavy atom. The van der Waals surface area contributed by atoms with Gasteiger partial charge in [-0.1, -0.05) is 41.7 Å². The van der Waals surface area contributed by atoms with Gasteiger partial charge in [0.15, 0.2) is 4.80 Å². The summed E-state index contributed by atoms with van der Waals surface area (Å²) in [7, 11) is 1.67. The minimum absolute atomic E-state index is 0.153. The number of anilines is 1. The summed E-state index contributed by atoms with van der Waals surface area (Å²) in [6.45, 7) is 4.85. The monoisotopic (exact) mass is 517 g/mol. The summed E-state index contributed by atoms with van der Waals surface area (Å²) in [6.07, 6.45) is 0. The molecule has 2 aliphatic rings. The van der Waals surface area contributed by atoms with Crippen molar-refractivity contribution >= 4 is 40.4 Å². The number of carbonyl (C=O) groups excluding carboxylic acids is 3. The first kappa shape index (κ1) is 24.4. The standard InChI is InChI=1S/C27H23N3O6S/c1-5-35-26(34)20-14(2)28-27-30(22(20)16-10-12-17(13-11-16)36-15(3)31)25(33)23(37-27)21-18-8-6-7-9-19(18)29(4)24(21)32/h6-13,22H,5H2,1-4H3/b23-21-/t22-/m0/s1. The number of hydrogen-bond acceptors (Lipinski definition) is 8. The maximum absolute atomic E-state index is 14.0. The first-order valence-electron chi connectivity index (χ1n) is 11.6. The molecule has 0 N–H and O–H groups in total. The number of benzene rings is 2. The molecule has 0 saturated carbocycles. The highest BCUT2D eigenvalue weighted by atomic mass is 32.1. The molecular weight excluding hydrogens is 494 g/mol. The number of fused-ring (bicyclic) bond motifs is 2. The Balaban J connectivity index is 1.77. The van der Waals surface area contributed by atoms with E-state index in [-0.39, 0.29) is 22.6 Å². The minimum Gasteiger partial charge on any atom is -0.463 e. The van der Waals surface area contributed by atoms with Crippen LogP contribution < -0.4 is 24.5 Å². The number of hydrogen-bond donors (Lipinski definition) is 0. The van der Waals surface area contributed by atoms with Gasteiger partial charge in [0.05, 0.1) is 35.2 Å². The van der Waals surface area contributed by atoms with Crippen molar-refractivity contribution in [2.24, 2.45) is 4.99 Å². The molecule has 9 nitrogen and oxygen atoms in total. The zero-order valence-corrected chi connectivity index (χ0v) is 21.4. The molecule has 0 radical (unpaired) electrons. The van der Waals surface area contributed by atoms with Crippen LogP contribution in [0.15, 0.2) is 69.6 Å². The highest BCUT2D eigenvalue weighted by Gasteiger charge is 2.36. The molecule has 0 aliphatic carbocycles. The fourth-order valence-electron chi connectivity index (χ4n) is 4.63. The quantitative estimate of drug-likeness (QED) is 0.387. The molecule has 1 aromatic heterocycles. The van der Waals surface area contributed by atoms with Crippen LogP contribution in [-0.2, 0) is 19.1 Å². The SMILES string of the molecule is CCOC(=O)C1=C(C)N=c2s/c(=C3\C(=O)N(C)c4ccccc43)c(=O)n2[C@H]1c1ccc(OC(C)=O)cc1. The number of aromatic nitrogens is 1. The highest BCUT2D eigenvalue weighted by Crippen LogP contribution is 2.35. The molecule has 188 valence electrons. The van der Waals surface area contributed by atoms with Gasteiger partial charge in [0.1, 0.15) is 10.3 Å². The van der Waals surface area contributed by atoms with Gasteiger partial charge in [0.25, 0.3) is 11.5 Å². The van der Waals surface area contributed by atoms with Crippen molar-refractivity contribution in [3.63, 3.8) is 0 Å². The number of allylic oxidation sites excluding steroid dienone is 1. The first-order chi connectivity index (χ1) is 17.7. The van der Waals surface area contributed by atoms with Crippen molar-refractivity contribution in [1.82, 2.24) is 4.57 Å². The lowest BCUT2D eigenvalue weighted by Gasteiger charge is -2.24. The summed E-state index contributed by atoms with van der Waals surface area (Å²) in [6, 6.07) is 13.0. The fraction of sp³-hybridized carbons (Fsp3) is 0.222. The topological polar surface area (TPSA) is 107 Å². The minimum atomic E-state index is -0.847. The Labute approximate surface area is 215 Å². The molecule has 2 aromatic carbocycles. The van der Waals surface area contributed by atoms with Gasteiger partial charge in [-0.25, -0.2) is 9.79 Å². The van der Waals surface area contributed by atoms with Crippen LogP contribution in [0.1, 0.15) is 37.9 Å². The molecule has 0 unspecified atom stereocenters. The average Bonchev–Trinajstić information content (AvgIpc) is 3.31. The van der Waals surface area contributed by atoms with Crippen molar-refractivity contribution < 1.29 is 23.9 Å². The summed E-state index contributed by atoms with van der Waals surface area (Å²) in [5.74, 6) is -0.995. The molecule has 0 fully saturated rings. The van der Waals surface area contributed by atoms with Gasteiger partial charge in [-0.2, -0.15) is 0 Å². The van der Waals surface area contributed by atoms with Gasteiger partial charge in [0, 0.05) is 19.5 Å². The number of carbonyl (C=O) groups is 3. The average molecular weight is 518 g/mol. The largest absolute Gasteiger partial charge is 0.463 e. The lowest BCUT2D eigenvalue weighted by molar-refractivity contribution is -0.139. The number of thiazole rings is 1. The second kappa shape index (κ2) is 9.29. The predicted molar refractivity (Wildman–Crippen MR) is 137 cm³/mol. The lowest BCUT2D eigenvalue weighted by Crippen LogP contribution is -2.40. The fourth-order valence-corrected chi connectivity index (χ4v) is 5.77. The van der Waals surface area contributed by atoms with Gasteiger partial charge < -0.3 is 14.4 Å². The molecule has 5 rings (SSSR count). The van der Waals surface area contributed by atoms with Crippen molar-refractivity contribution in [1.29, 1.82) is 0 Å². The Hall–Kier alpha value is -4.31. The van der Waals surface area contributed by atoms with Crippen molar-refractivity contribution in [2.75, 3.05) is 18.6 Å². The number of nitrogens with zero attached hydrogens (tertiary/aromatic N) is 3. The molecule has 1 atom stereocenters. The van der Waals surface area contributed by atoms with Gasteiger partial charge in [-0.05, 0) is 37.6 Å². The van der Waals surface area contributed by atoms with E-state index in [9.17, 15) is 19.2 Å². The molecule has 0 bridgehead atoms. The molecule has 2 aliphatic heterocycles. The Bertz CT molecular complexity index is 1680. The summed E-state index contributed by atoms with van der Waals surface area (Å²) >= 11 is 1.11. The third-order valence-electron chi connectivity index (χ3n) is 6.23.